The number of carbonyl (C=O) groups is 1. The standard InChI is InChI=1S/C32H12BF24.C17H14N2O/c34-25(35,36)13-1-14(26(37,38)39)6-21(5-13)33(22-7-15(27(40,41)42)2-16(8-22)28(43,44)45,23-9-17(29(46,47)48)3-18(10-23)30(49,50)51)24-11-19(31(52,53)54)4-20(12-24)32(55,56)57;18-17(20)15-8-4-10-16-14(15)9-5-11-19(16)12-13-6-2-1-3-7-13/h1-12H;1-11H,12H2,(H-,18,20)/q-1;/p+1. The minimum atomic E-state index is -6.13. The predicted molar refractivity (Wildman–Crippen MR) is 228 cm³/mol. The van der Waals surface area contributed by atoms with E-state index in [1.807, 2.05) is 48.7 Å². The number of benzene rings is 6. The van der Waals surface area contributed by atoms with Gasteiger partial charge in [0.2, 0.25) is 11.4 Å². The summed E-state index contributed by atoms with van der Waals surface area (Å²) in [4.78, 5) is 11.5. The first-order chi connectivity index (χ1) is 35.0. The topological polar surface area (TPSA) is 47.0 Å². The highest BCUT2D eigenvalue weighted by atomic mass is 19.4. The van der Waals surface area contributed by atoms with Crippen LogP contribution in [0.5, 0.6) is 0 Å². The zero-order valence-corrected chi connectivity index (χ0v) is 37.6. The number of hydrogen-bond donors (Lipinski definition) is 1. The summed E-state index contributed by atoms with van der Waals surface area (Å²) in [6.07, 6.45) is -52.8. The molecule has 1 amide bonds. The summed E-state index contributed by atoms with van der Waals surface area (Å²) >= 11 is 0. The van der Waals surface area contributed by atoms with Crippen molar-refractivity contribution < 1.29 is 115 Å². The highest BCUT2D eigenvalue weighted by Gasteiger charge is 2.47. The van der Waals surface area contributed by atoms with Crippen LogP contribution in [0.1, 0.15) is 60.4 Å². The Balaban J connectivity index is 0.000000397. The number of rotatable bonds is 7. The minimum absolute atomic E-state index is 0.395. The summed E-state index contributed by atoms with van der Waals surface area (Å²) in [5.41, 5.74) is -22.0. The van der Waals surface area contributed by atoms with Crippen molar-refractivity contribution >= 4 is 44.8 Å². The number of amides is 1. The van der Waals surface area contributed by atoms with Crippen molar-refractivity contribution in [1.82, 2.24) is 0 Å². The zero-order chi connectivity index (χ0) is 57.9. The molecular weight excluding hydrogens is 1100 g/mol. The maximum atomic E-state index is 14.2. The third-order valence-corrected chi connectivity index (χ3v) is 11.8. The normalized spacial score (nSPS) is 13.4. The number of primary amides is 1. The molecule has 6 aromatic carbocycles. The largest absolute Gasteiger partial charge is 0.416 e. The summed E-state index contributed by atoms with van der Waals surface area (Å²) < 4.78 is 343. The van der Waals surface area contributed by atoms with Crippen LogP contribution < -0.4 is 32.2 Å². The van der Waals surface area contributed by atoms with Crippen molar-refractivity contribution in [2.75, 3.05) is 0 Å². The summed E-state index contributed by atoms with van der Waals surface area (Å²) in [7, 11) is 0. The third-order valence-electron chi connectivity index (χ3n) is 11.8. The lowest BCUT2D eigenvalue weighted by atomic mass is 9.12. The Morgan fingerprint density at radius 1 is 0.364 bits per heavy atom. The molecule has 0 fully saturated rings. The molecule has 77 heavy (non-hydrogen) atoms. The maximum absolute atomic E-state index is 14.2. The second-order valence-corrected chi connectivity index (χ2v) is 16.9. The van der Waals surface area contributed by atoms with E-state index >= 15 is 0 Å². The summed E-state index contributed by atoms with van der Waals surface area (Å²) in [6, 6.07) is 10.9. The van der Waals surface area contributed by atoms with Gasteiger partial charge in [-0.15, -0.1) is 0 Å². The average Bonchev–Trinajstić information content (AvgIpc) is 3.29. The van der Waals surface area contributed by atoms with Crippen molar-refractivity contribution in [2.24, 2.45) is 5.73 Å². The zero-order valence-electron chi connectivity index (χ0n) is 37.6. The molecule has 410 valence electrons. The minimum Gasteiger partial charge on any atom is -0.366 e. The molecule has 1 aromatic heterocycles. The summed E-state index contributed by atoms with van der Waals surface area (Å²) in [5, 5.41) is 0.887. The molecule has 0 bridgehead atoms. The number of nitrogens with two attached hydrogens (primary N) is 1. The lowest BCUT2D eigenvalue weighted by molar-refractivity contribution is -0.662. The smallest absolute Gasteiger partial charge is 0.366 e. The average molecular weight is 1130 g/mol. The van der Waals surface area contributed by atoms with Crippen LogP contribution in [-0.4, -0.2) is 12.1 Å². The molecule has 0 unspecified atom stereocenters. The van der Waals surface area contributed by atoms with Gasteiger partial charge in [0.15, 0.2) is 12.7 Å². The fourth-order valence-corrected chi connectivity index (χ4v) is 8.51. The number of hydrogen-bond acceptors (Lipinski definition) is 1. The molecule has 0 aliphatic rings. The molecule has 28 heteroatoms. The molecule has 0 radical (unpaired) electrons. The van der Waals surface area contributed by atoms with Gasteiger partial charge in [0, 0.05) is 17.7 Å². The van der Waals surface area contributed by atoms with Crippen LogP contribution in [0.3, 0.4) is 0 Å². The van der Waals surface area contributed by atoms with E-state index in [0.29, 0.717) is 5.56 Å². The van der Waals surface area contributed by atoms with Gasteiger partial charge >= 0.3 is 49.4 Å². The first kappa shape index (κ1) is 58.8. The number of carbonyl (C=O) groups excluding carboxylic acids is 1. The van der Waals surface area contributed by atoms with Gasteiger partial charge in [-0.1, -0.05) is 84.9 Å². The van der Waals surface area contributed by atoms with Gasteiger partial charge < -0.3 is 5.73 Å². The highest BCUT2D eigenvalue weighted by Crippen LogP contribution is 2.41. The number of nitrogens with zero attached hydrogens (tertiary/aromatic N) is 1. The van der Waals surface area contributed by atoms with Crippen LogP contribution >= 0.6 is 0 Å². The van der Waals surface area contributed by atoms with Crippen LogP contribution in [0.15, 0.2) is 140 Å². The van der Waals surface area contributed by atoms with Gasteiger partial charge in [-0.3, -0.25) is 4.79 Å². The van der Waals surface area contributed by atoms with E-state index in [1.165, 1.54) is 5.56 Å². The van der Waals surface area contributed by atoms with Gasteiger partial charge in [-0.2, -0.15) is 132 Å². The number of fused-ring (bicyclic) bond motifs is 1. The molecule has 3 nitrogen and oxygen atoms in total. The Morgan fingerprint density at radius 2 is 0.649 bits per heavy atom. The molecule has 0 atom stereocenters. The van der Waals surface area contributed by atoms with Gasteiger partial charge in [-0.25, -0.2) is 0 Å². The lowest BCUT2D eigenvalue weighted by Gasteiger charge is -2.46. The third kappa shape index (κ3) is 13.1. The van der Waals surface area contributed by atoms with Crippen LogP contribution in [0.2, 0.25) is 0 Å². The molecule has 7 rings (SSSR count). The lowest BCUT2D eigenvalue weighted by Crippen LogP contribution is -2.75. The number of pyridine rings is 1. The van der Waals surface area contributed by atoms with Crippen LogP contribution in [0, 0.1) is 0 Å². The van der Waals surface area contributed by atoms with Gasteiger partial charge in [0.25, 0.3) is 0 Å². The fraction of sp³-hybridized carbons (Fsp3) is 0.184. The Kier molecular flexibility index (Phi) is 15.4. The van der Waals surface area contributed by atoms with Crippen molar-refractivity contribution in [2.45, 2.75) is 56.0 Å². The van der Waals surface area contributed by atoms with Crippen molar-refractivity contribution in [1.29, 1.82) is 0 Å². The van der Waals surface area contributed by atoms with Crippen LogP contribution in [-0.2, 0) is 56.0 Å². The monoisotopic (exact) mass is 1130 g/mol. The van der Waals surface area contributed by atoms with Crippen LogP contribution in [0.25, 0.3) is 10.9 Å². The first-order valence-corrected chi connectivity index (χ1v) is 21.1. The van der Waals surface area contributed by atoms with E-state index in [1.54, 1.807) is 6.07 Å². The van der Waals surface area contributed by atoms with Crippen molar-refractivity contribution in [3.8, 4) is 0 Å². The Bertz CT molecular complexity index is 2870. The van der Waals surface area contributed by atoms with Crippen molar-refractivity contribution in [3.63, 3.8) is 0 Å². The Morgan fingerprint density at radius 3 is 0.909 bits per heavy atom. The molecule has 1 heterocycles. The Labute approximate surface area is 416 Å². The predicted octanol–water partition coefficient (Wildman–Crippen LogP) is 13.5. The number of halogens is 24. The maximum Gasteiger partial charge on any atom is 0.416 e. The summed E-state index contributed by atoms with van der Waals surface area (Å²) in [6.45, 7) is 0.764. The van der Waals surface area contributed by atoms with Gasteiger partial charge in [0.1, 0.15) is 6.15 Å². The van der Waals surface area contributed by atoms with Crippen LogP contribution in [0.4, 0.5) is 105 Å². The molecular formula is C49H27BF24N2O. The molecule has 0 saturated heterocycles. The number of alkyl halides is 24. The SMILES string of the molecule is FC(F)(F)c1cc([B-](c2cc(C(F)(F)F)cc(C(F)(F)F)c2)(c2cc(C(F)(F)F)cc(C(F)(F)F)c2)c2cc(C(F)(F)F)cc(C(F)(F)F)c2)cc(C(F)(F)F)c1.NC(=O)c1cccc2c1ccc[n+]2Cc1ccccc1. The van der Waals surface area contributed by atoms with E-state index in [-0.39, 0.29) is 0 Å². The van der Waals surface area contributed by atoms with Gasteiger partial charge in [0.05, 0.1) is 55.5 Å². The molecule has 0 saturated carbocycles. The van der Waals surface area contributed by atoms with E-state index in [4.69, 9.17) is 5.73 Å². The van der Waals surface area contributed by atoms with Gasteiger partial charge in [-0.05, 0) is 36.4 Å². The molecule has 0 spiro atoms. The highest BCUT2D eigenvalue weighted by molar-refractivity contribution is 7.20. The summed E-state index contributed by atoms with van der Waals surface area (Å²) in [5.74, 6) is -0.395. The fourth-order valence-electron chi connectivity index (χ4n) is 8.51. The number of aromatic nitrogens is 1. The quantitative estimate of drug-likeness (QED) is 0.0965. The van der Waals surface area contributed by atoms with E-state index < -0.39 is 201 Å². The molecule has 2 N–H and O–H groups in total. The molecule has 0 aliphatic heterocycles. The van der Waals surface area contributed by atoms with E-state index in [2.05, 4.69) is 16.7 Å². The second kappa shape index (κ2) is 20.2. The second-order valence-electron chi connectivity index (χ2n) is 16.9. The molecule has 0 aliphatic carbocycles. The first-order valence-electron chi connectivity index (χ1n) is 21.1. The van der Waals surface area contributed by atoms with E-state index in [9.17, 15) is 110 Å². The van der Waals surface area contributed by atoms with E-state index in [0.717, 1.165) is 17.4 Å². The van der Waals surface area contributed by atoms with Crippen molar-refractivity contribution in [3.05, 3.63) is 195 Å². The Hall–Kier alpha value is -7.42. The molecule has 7 aromatic rings.